The number of hydrogen-bond acceptors (Lipinski definition) is 3. The predicted octanol–water partition coefficient (Wildman–Crippen LogP) is 2.70. The van der Waals surface area contributed by atoms with Crippen LogP contribution >= 0.6 is 0 Å². The van der Waals surface area contributed by atoms with Gasteiger partial charge in [-0.15, -0.1) is 6.58 Å². The highest BCUT2D eigenvalue weighted by molar-refractivity contribution is 6.03. The topological polar surface area (TPSA) is 76.0 Å². The van der Waals surface area contributed by atoms with Gasteiger partial charge in [0, 0.05) is 18.8 Å². The van der Waals surface area contributed by atoms with E-state index in [1.807, 2.05) is 35.8 Å². The zero-order valence-electron chi connectivity index (χ0n) is 14.3. The molecule has 0 spiro atoms. The molecule has 2 aromatic rings. The molecule has 130 valence electrons. The maximum atomic E-state index is 12.7. The van der Waals surface area contributed by atoms with Crippen molar-refractivity contribution in [1.29, 1.82) is 0 Å². The Kier molecular flexibility index (Phi) is 4.97. The minimum absolute atomic E-state index is 0.264. The molecule has 0 unspecified atom stereocenters. The van der Waals surface area contributed by atoms with E-state index in [9.17, 15) is 9.59 Å². The highest BCUT2D eigenvalue weighted by Gasteiger charge is 2.27. The van der Waals surface area contributed by atoms with E-state index in [0.717, 1.165) is 36.2 Å². The van der Waals surface area contributed by atoms with Crippen LogP contribution in [0.3, 0.4) is 0 Å². The lowest BCUT2D eigenvalue weighted by Crippen LogP contribution is -2.25. The van der Waals surface area contributed by atoms with Crippen LogP contribution in [0.1, 0.15) is 45.2 Å². The van der Waals surface area contributed by atoms with E-state index < -0.39 is 0 Å². The van der Waals surface area contributed by atoms with E-state index in [0.29, 0.717) is 24.6 Å². The standard InChI is InChI=1S/C19H22N4O2/c1-3-10-20-18(24)16-15-9-4-5-11-23(15)17(22-16)19(25)21-14-8-6-7-13(2)12-14/h3,6-8,12H,1,4-5,9-11H2,2H3,(H,20,24)(H,21,25). The molecule has 2 amide bonds. The molecule has 0 fully saturated rings. The van der Waals surface area contributed by atoms with E-state index in [2.05, 4.69) is 22.2 Å². The number of fused-ring (bicyclic) bond motifs is 1. The Hall–Kier alpha value is -2.89. The molecule has 2 heterocycles. The van der Waals surface area contributed by atoms with E-state index in [4.69, 9.17) is 0 Å². The van der Waals surface area contributed by atoms with Crippen molar-refractivity contribution < 1.29 is 9.59 Å². The van der Waals surface area contributed by atoms with Gasteiger partial charge in [0.1, 0.15) is 5.69 Å². The Morgan fingerprint density at radius 3 is 2.92 bits per heavy atom. The van der Waals surface area contributed by atoms with Crippen LogP contribution in [0.2, 0.25) is 0 Å². The molecular formula is C19H22N4O2. The fourth-order valence-electron chi connectivity index (χ4n) is 3.06. The third-order valence-corrected chi connectivity index (χ3v) is 4.22. The summed E-state index contributed by atoms with van der Waals surface area (Å²) in [6, 6.07) is 7.59. The largest absolute Gasteiger partial charge is 0.347 e. The Morgan fingerprint density at radius 1 is 1.32 bits per heavy atom. The van der Waals surface area contributed by atoms with Crippen molar-refractivity contribution in [2.75, 3.05) is 11.9 Å². The van der Waals surface area contributed by atoms with Gasteiger partial charge in [0.05, 0.1) is 5.69 Å². The van der Waals surface area contributed by atoms with Gasteiger partial charge in [-0.25, -0.2) is 4.98 Å². The van der Waals surface area contributed by atoms with Crippen molar-refractivity contribution in [3.05, 3.63) is 59.7 Å². The van der Waals surface area contributed by atoms with Gasteiger partial charge in [-0.2, -0.15) is 0 Å². The summed E-state index contributed by atoms with van der Waals surface area (Å²) in [6.45, 7) is 6.64. The molecule has 25 heavy (non-hydrogen) atoms. The van der Waals surface area contributed by atoms with Gasteiger partial charge < -0.3 is 15.2 Å². The van der Waals surface area contributed by atoms with Crippen LogP contribution in [0.15, 0.2) is 36.9 Å². The first-order valence-corrected chi connectivity index (χ1v) is 8.46. The first kappa shape index (κ1) is 17.0. The van der Waals surface area contributed by atoms with Gasteiger partial charge in [-0.3, -0.25) is 9.59 Å². The zero-order chi connectivity index (χ0) is 17.8. The molecule has 0 saturated heterocycles. The molecule has 0 aliphatic carbocycles. The van der Waals surface area contributed by atoms with Crippen LogP contribution in [0, 0.1) is 6.92 Å². The molecule has 2 N–H and O–H groups in total. The second-order valence-corrected chi connectivity index (χ2v) is 6.16. The Bertz CT molecular complexity index is 823. The molecule has 0 radical (unpaired) electrons. The number of nitrogens with zero attached hydrogens (tertiary/aromatic N) is 2. The summed E-state index contributed by atoms with van der Waals surface area (Å²) >= 11 is 0. The van der Waals surface area contributed by atoms with Crippen molar-refractivity contribution >= 4 is 17.5 Å². The van der Waals surface area contributed by atoms with E-state index in [1.54, 1.807) is 6.08 Å². The summed E-state index contributed by atoms with van der Waals surface area (Å²) in [5.74, 6) is -0.267. The van der Waals surface area contributed by atoms with E-state index in [-0.39, 0.29) is 11.8 Å². The van der Waals surface area contributed by atoms with E-state index in [1.165, 1.54) is 0 Å². The Labute approximate surface area is 147 Å². The summed E-state index contributed by atoms with van der Waals surface area (Å²) in [4.78, 5) is 29.4. The number of nitrogens with one attached hydrogen (secondary N) is 2. The number of hydrogen-bond donors (Lipinski definition) is 2. The van der Waals surface area contributed by atoms with Crippen LogP contribution in [0.25, 0.3) is 0 Å². The highest BCUT2D eigenvalue weighted by atomic mass is 16.2. The average Bonchev–Trinajstić information content (AvgIpc) is 2.99. The maximum Gasteiger partial charge on any atom is 0.291 e. The molecule has 1 aromatic heterocycles. The van der Waals surface area contributed by atoms with Gasteiger partial charge in [-0.05, 0) is 43.9 Å². The van der Waals surface area contributed by atoms with Gasteiger partial charge >= 0.3 is 0 Å². The van der Waals surface area contributed by atoms with E-state index >= 15 is 0 Å². The molecule has 1 aliphatic heterocycles. The lowest BCUT2D eigenvalue weighted by Gasteiger charge is -2.17. The summed E-state index contributed by atoms with van der Waals surface area (Å²) in [5.41, 5.74) is 2.96. The smallest absolute Gasteiger partial charge is 0.291 e. The number of carbonyl (C=O) groups excluding carboxylic acids is 2. The van der Waals surface area contributed by atoms with Crippen LogP contribution in [0.4, 0.5) is 5.69 Å². The molecular weight excluding hydrogens is 316 g/mol. The molecule has 6 heteroatoms. The van der Waals surface area contributed by atoms with Gasteiger partial charge in [0.15, 0.2) is 5.82 Å². The number of aryl methyl sites for hydroxylation is 1. The number of anilines is 1. The number of rotatable bonds is 5. The maximum absolute atomic E-state index is 12.7. The normalized spacial score (nSPS) is 13.0. The Balaban J connectivity index is 1.90. The van der Waals surface area contributed by atoms with Crippen molar-refractivity contribution in [1.82, 2.24) is 14.9 Å². The van der Waals surface area contributed by atoms with Gasteiger partial charge in [0.25, 0.3) is 11.8 Å². The fraction of sp³-hybridized carbons (Fsp3) is 0.316. The molecule has 1 aliphatic rings. The lowest BCUT2D eigenvalue weighted by molar-refractivity contribution is 0.0952. The van der Waals surface area contributed by atoms with Gasteiger partial charge in [-0.1, -0.05) is 18.2 Å². The summed E-state index contributed by atoms with van der Waals surface area (Å²) < 4.78 is 1.87. The highest BCUT2D eigenvalue weighted by Crippen LogP contribution is 2.22. The van der Waals surface area contributed by atoms with Crippen molar-refractivity contribution in [3.8, 4) is 0 Å². The number of amides is 2. The Morgan fingerprint density at radius 2 is 2.16 bits per heavy atom. The minimum atomic E-state index is -0.295. The molecule has 0 atom stereocenters. The van der Waals surface area contributed by atoms with Crippen LogP contribution in [-0.2, 0) is 13.0 Å². The monoisotopic (exact) mass is 338 g/mol. The second-order valence-electron chi connectivity index (χ2n) is 6.16. The molecule has 3 rings (SSSR count). The fourth-order valence-corrected chi connectivity index (χ4v) is 3.06. The summed E-state index contributed by atoms with van der Waals surface area (Å²) in [5, 5.41) is 5.62. The van der Waals surface area contributed by atoms with Crippen molar-refractivity contribution in [2.24, 2.45) is 0 Å². The summed E-state index contributed by atoms with van der Waals surface area (Å²) in [7, 11) is 0. The third-order valence-electron chi connectivity index (χ3n) is 4.22. The van der Waals surface area contributed by atoms with Crippen LogP contribution in [-0.4, -0.2) is 27.9 Å². The zero-order valence-corrected chi connectivity index (χ0v) is 14.3. The quantitative estimate of drug-likeness (QED) is 0.823. The molecule has 1 aromatic carbocycles. The SMILES string of the molecule is C=CCNC(=O)c1nc(C(=O)Nc2cccc(C)c2)n2c1CCCC2. The van der Waals surface area contributed by atoms with Crippen molar-refractivity contribution in [3.63, 3.8) is 0 Å². The minimum Gasteiger partial charge on any atom is -0.347 e. The van der Waals surface area contributed by atoms with Gasteiger partial charge in [0.2, 0.25) is 0 Å². The number of carbonyl (C=O) groups is 2. The second kappa shape index (κ2) is 7.34. The number of imidazole rings is 1. The summed E-state index contributed by atoms with van der Waals surface area (Å²) in [6.07, 6.45) is 4.33. The predicted molar refractivity (Wildman–Crippen MR) is 96.8 cm³/mol. The average molecular weight is 338 g/mol. The lowest BCUT2D eigenvalue weighted by atomic mass is 10.1. The number of aromatic nitrogens is 2. The van der Waals surface area contributed by atoms with Crippen LogP contribution < -0.4 is 10.6 Å². The van der Waals surface area contributed by atoms with Crippen molar-refractivity contribution in [2.45, 2.75) is 32.7 Å². The molecule has 0 saturated carbocycles. The first-order chi connectivity index (χ1) is 12.1. The first-order valence-electron chi connectivity index (χ1n) is 8.46. The van der Waals surface area contributed by atoms with Crippen LogP contribution in [0.5, 0.6) is 0 Å². The number of benzene rings is 1. The third kappa shape index (κ3) is 3.63. The molecule has 0 bridgehead atoms. The molecule has 6 nitrogen and oxygen atoms in total.